The summed E-state index contributed by atoms with van der Waals surface area (Å²) in [6.45, 7) is 3.06. The number of rotatable bonds is 4. The van der Waals surface area contributed by atoms with E-state index < -0.39 is 15.9 Å². The Kier molecular flexibility index (Phi) is 6.08. The number of hydrogen-bond donors (Lipinski definition) is 1. The topological polar surface area (TPSA) is 75.7 Å². The Hall–Kier alpha value is -1.64. The molecule has 27 heavy (non-hydrogen) atoms. The number of carbonyl (C=O) groups excluding carboxylic acids is 1. The third-order valence-corrected chi connectivity index (χ3v) is 6.64. The van der Waals surface area contributed by atoms with Crippen LogP contribution < -0.4 is 5.32 Å². The maximum Gasteiger partial charge on any atom is 0.255 e. The molecule has 0 spiro atoms. The lowest BCUT2D eigenvalue weighted by Gasteiger charge is -2.26. The van der Waals surface area contributed by atoms with Crippen LogP contribution in [-0.4, -0.2) is 44.9 Å². The predicted molar refractivity (Wildman–Crippen MR) is 105 cm³/mol. The van der Waals surface area contributed by atoms with Crippen LogP contribution in [0.3, 0.4) is 0 Å². The molecule has 1 amide bonds. The van der Waals surface area contributed by atoms with Crippen molar-refractivity contribution in [1.29, 1.82) is 0 Å². The van der Waals surface area contributed by atoms with Gasteiger partial charge in [-0.05, 0) is 42.8 Å². The van der Waals surface area contributed by atoms with E-state index in [4.69, 9.17) is 27.9 Å². The van der Waals surface area contributed by atoms with Gasteiger partial charge in [0.15, 0.2) is 0 Å². The fraction of sp³-hybridized carbons (Fsp3) is 0.278. The van der Waals surface area contributed by atoms with E-state index in [0.29, 0.717) is 47.6 Å². The Morgan fingerprint density at radius 3 is 2.33 bits per heavy atom. The lowest BCUT2D eigenvalue weighted by atomic mass is 10.2. The van der Waals surface area contributed by atoms with Gasteiger partial charge in [-0.25, -0.2) is 8.42 Å². The highest BCUT2D eigenvalue weighted by Crippen LogP contribution is 2.25. The van der Waals surface area contributed by atoms with Crippen molar-refractivity contribution in [3.8, 4) is 0 Å². The zero-order valence-electron chi connectivity index (χ0n) is 14.5. The van der Waals surface area contributed by atoms with Crippen molar-refractivity contribution in [3.63, 3.8) is 0 Å². The van der Waals surface area contributed by atoms with Gasteiger partial charge in [-0.15, -0.1) is 0 Å². The van der Waals surface area contributed by atoms with Crippen molar-refractivity contribution < 1.29 is 17.9 Å². The molecule has 144 valence electrons. The Balaban J connectivity index is 1.87. The number of carbonyl (C=O) groups is 1. The molecule has 9 heteroatoms. The quantitative estimate of drug-likeness (QED) is 0.807. The summed E-state index contributed by atoms with van der Waals surface area (Å²) in [7, 11) is -3.67. The summed E-state index contributed by atoms with van der Waals surface area (Å²) in [4.78, 5) is 12.6. The number of anilines is 1. The number of amides is 1. The summed E-state index contributed by atoms with van der Waals surface area (Å²) in [6, 6.07) is 9.28. The second-order valence-electron chi connectivity index (χ2n) is 6.11. The molecule has 1 fully saturated rings. The van der Waals surface area contributed by atoms with Crippen LogP contribution in [0.5, 0.6) is 0 Å². The highest BCUT2D eigenvalue weighted by molar-refractivity contribution is 7.89. The van der Waals surface area contributed by atoms with Crippen molar-refractivity contribution in [2.24, 2.45) is 0 Å². The Labute approximate surface area is 168 Å². The first-order chi connectivity index (χ1) is 12.8. The van der Waals surface area contributed by atoms with E-state index in [1.165, 1.54) is 28.6 Å². The van der Waals surface area contributed by atoms with Crippen molar-refractivity contribution in [2.45, 2.75) is 11.8 Å². The summed E-state index contributed by atoms with van der Waals surface area (Å²) >= 11 is 11.9. The zero-order chi connectivity index (χ0) is 19.6. The summed E-state index contributed by atoms with van der Waals surface area (Å²) < 4.78 is 32.5. The number of benzene rings is 2. The first-order valence-electron chi connectivity index (χ1n) is 8.23. The van der Waals surface area contributed by atoms with Gasteiger partial charge in [-0.3, -0.25) is 4.79 Å². The highest BCUT2D eigenvalue weighted by atomic mass is 35.5. The van der Waals surface area contributed by atoms with Gasteiger partial charge in [0.2, 0.25) is 10.0 Å². The van der Waals surface area contributed by atoms with Crippen LogP contribution in [0.4, 0.5) is 5.69 Å². The second kappa shape index (κ2) is 8.16. The number of halogens is 2. The lowest BCUT2D eigenvalue weighted by Crippen LogP contribution is -2.40. The van der Waals surface area contributed by atoms with E-state index >= 15 is 0 Å². The van der Waals surface area contributed by atoms with Gasteiger partial charge in [0, 0.05) is 34.4 Å². The monoisotopic (exact) mass is 428 g/mol. The Morgan fingerprint density at radius 1 is 1.07 bits per heavy atom. The maximum absolute atomic E-state index is 12.9. The molecule has 1 aliphatic heterocycles. The second-order valence-corrected chi connectivity index (χ2v) is 8.89. The smallest absolute Gasteiger partial charge is 0.255 e. The van der Waals surface area contributed by atoms with Gasteiger partial charge >= 0.3 is 0 Å². The molecule has 0 saturated carbocycles. The van der Waals surface area contributed by atoms with E-state index in [1.54, 1.807) is 19.1 Å². The third kappa shape index (κ3) is 4.62. The predicted octanol–water partition coefficient (Wildman–Crippen LogP) is 3.58. The van der Waals surface area contributed by atoms with Gasteiger partial charge in [0.05, 0.1) is 18.1 Å². The fourth-order valence-corrected chi connectivity index (χ4v) is 4.95. The lowest BCUT2D eigenvalue weighted by molar-refractivity contribution is 0.0730. The fourth-order valence-electron chi connectivity index (χ4n) is 2.77. The molecule has 0 unspecified atom stereocenters. The molecular formula is C18H18Cl2N2O4S. The average Bonchev–Trinajstić information content (AvgIpc) is 2.63. The van der Waals surface area contributed by atoms with E-state index in [0.717, 1.165) is 0 Å². The SMILES string of the molecule is Cc1ccc(NC(=O)c2cc(Cl)cc(Cl)c2)cc1S(=O)(=O)N1CCOCC1. The number of morpholine rings is 1. The van der Waals surface area contributed by atoms with Gasteiger partial charge in [-0.2, -0.15) is 4.31 Å². The molecule has 0 aromatic heterocycles. The Bertz CT molecular complexity index is 953. The standard InChI is InChI=1S/C18H18Cl2N2O4S/c1-12-2-3-16(21-18(23)13-8-14(19)10-15(20)9-13)11-17(12)27(24,25)22-4-6-26-7-5-22/h2-3,8-11H,4-7H2,1H3,(H,21,23). The number of nitrogens with zero attached hydrogens (tertiary/aromatic N) is 1. The van der Waals surface area contributed by atoms with E-state index in [9.17, 15) is 13.2 Å². The molecule has 1 heterocycles. The van der Waals surface area contributed by atoms with Crippen LogP contribution in [0, 0.1) is 6.92 Å². The first kappa shape index (κ1) is 20.1. The van der Waals surface area contributed by atoms with Crippen LogP contribution in [0.1, 0.15) is 15.9 Å². The van der Waals surface area contributed by atoms with Gasteiger partial charge in [0.1, 0.15) is 0 Å². The summed E-state index contributed by atoms with van der Waals surface area (Å²) in [5.74, 6) is -0.432. The normalized spacial score (nSPS) is 15.5. The van der Waals surface area contributed by atoms with Crippen LogP contribution in [-0.2, 0) is 14.8 Å². The third-order valence-electron chi connectivity index (χ3n) is 4.16. The molecule has 1 saturated heterocycles. The summed E-state index contributed by atoms with van der Waals surface area (Å²) in [6.07, 6.45) is 0. The molecule has 2 aromatic rings. The van der Waals surface area contributed by atoms with Crippen molar-refractivity contribution in [1.82, 2.24) is 4.31 Å². The van der Waals surface area contributed by atoms with E-state index in [1.807, 2.05) is 0 Å². The molecular weight excluding hydrogens is 411 g/mol. The zero-order valence-corrected chi connectivity index (χ0v) is 16.9. The average molecular weight is 429 g/mol. The molecule has 0 atom stereocenters. The van der Waals surface area contributed by atoms with Crippen LogP contribution in [0.2, 0.25) is 10.0 Å². The molecule has 0 radical (unpaired) electrons. The minimum Gasteiger partial charge on any atom is -0.379 e. The largest absolute Gasteiger partial charge is 0.379 e. The maximum atomic E-state index is 12.9. The number of aryl methyl sites for hydroxylation is 1. The van der Waals surface area contributed by atoms with E-state index in [-0.39, 0.29) is 10.5 Å². The van der Waals surface area contributed by atoms with Gasteiger partial charge in [-0.1, -0.05) is 29.3 Å². The van der Waals surface area contributed by atoms with Gasteiger partial charge < -0.3 is 10.1 Å². The summed E-state index contributed by atoms with van der Waals surface area (Å²) in [5.41, 5.74) is 1.25. The molecule has 1 N–H and O–H groups in total. The molecule has 0 aliphatic carbocycles. The van der Waals surface area contributed by atoms with E-state index in [2.05, 4.69) is 5.32 Å². The number of hydrogen-bond acceptors (Lipinski definition) is 4. The van der Waals surface area contributed by atoms with Gasteiger partial charge in [0.25, 0.3) is 5.91 Å². The van der Waals surface area contributed by atoms with Crippen LogP contribution >= 0.6 is 23.2 Å². The Morgan fingerprint density at radius 2 is 1.70 bits per heavy atom. The van der Waals surface area contributed by atoms with Crippen LogP contribution in [0.15, 0.2) is 41.3 Å². The number of nitrogens with one attached hydrogen (secondary N) is 1. The number of sulfonamides is 1. The van der Waals surface area contributed by atoms with Crippen molar-refractivity contribution >= 4 is 44.8 Å². The highest BCUT2D eigenvalue weighted by Gasteiger charge is 2.28. The van der Waals surface area contributed by atoms with Crippen LogP contribution in [0.25, 0.3) is 0 Å². The molecule has 3 rings (SSSR count). The minimum atomic E-state index is -3.67. The first-order valence-corrected chi connectivity index (χ1v) is 10.4. The number of ether oxygens (including phenoxy) is 1. The summed E-state index contributed by atoms with van der Waals surface area (Å²) in [5, 5.41) is 3.37. The molecule has 1 aliphatic rings. The molecule has 6 nitrogen and oxygen atoms in total. The van der Waals surface area contributed by atoms with Crippen molar-refractivity contribution in [3.05, 3.63) is 57.6 Å². The van der Waals surface area contributed by atoms with Crippen molar-refractivity contribution in [2.75, 3.05) is 31.6 Å². The molecule has 0 bridgehead atoms. The molecule has 2 aromatic carbocycles. The minimum absolute atomic E-state index is 0.159.